The van der Waals surface area contributed by atoms with Crippen LogP contribution >= 0.6 is 23.1 Å². The molecule has 7 heteroatoms. The molecule has 3 aromatic rings. The van der Waals surface area contributed by atoms with E-state index in [0.29, 0.717) is 15.4 Å². The molecule has 0 aliphatic carbocycles. The van der Waals surface area contributed by atoms with Crippen molar-refractivity contribution in [2.75, 3.05) is 5.75 Å². The lowest BCUT2D eigenvalue weighted by Crippen LogP contribution is -2.33. The van der Waals surface area contributed by atoms with Crippen LogP contribution in [0.5, 0.6) is 0 Å². The van der Waals surface area contributed by atoms with Crippen molar-refractivity contribution in [2.24, 2.45) is 0 Å². The number of thioether (sulfide) groups is 1. The first-order valence-corrected chi connectivity index (χ1v) is 9.94. The van der Waals surface area contributed by atoms with Crippen molar-refractivity contribution < 1.29 is 4.79 Å². The molecule has 2 aromatic heterocycles. The first-order valence-electron chi connectivity index (χ1n) is 8.08. The molecule has 3 rings (SSSR count). The smallest absolute Gasteiger partial charge is 0.276 e. The van der Waals surface area contributed by atoms with Crippen molar-refractivity contribution in [1.29, 1.82) is 0 Å². The van der Waals surface area contributed by atoms with E-state index in [2.05, 4.69) is 10.3 Å². The molecule has 0 saturated carbocycles. The molecule has 0 bridgehead atoms. The molecule has 0 spiro atoms. The third-order valence-electron chi connectivity index (χ3n) is 3.82. The normalized spacial score (nSPS) is 12.2. The number of nitrogens with one attached hydrogen (secondary N) is 1. The number of fused-ring (bicyclic) bond motifs is 1. The summed E-state index contributed by atoms with van der Waals surface area (Å²) in [4.78, 5) is 29.6. The molecule has 0 radical (unpaired) electrons. The predicted octanol–water partition coefficient (Wildman–Crippen LogP) is 3.45. The van der Waals surface area contributed by atoms with Crippen LogP contribution in [0.3, 0.4) is 0 Å². The van der Waals surface area contributed by atoms with Gasteiger partial charge in [0.1, 0.15) is 4.70 Å². The zero-order chi connectivity index (χ0) is 17.8. The van der Waals surface area contributed by atoms with Crippen LogP contribution < -0.4 is 10.9 Å². The summed E-state index contributed by atoms with van der Waals surface area (Å²) in [7, 11) is 0. The van der Waals surface area contributed by atoms with Crippen LogP contribution in [0, 0.1) is 0 Å². The lowest BCUT2D eigenvalue weighted by Gasteiger charge is -2.13. The molecule has 0 fully saturated rings. The fourth-order valence-electron chi connectivity index (χ4n) is 2.34. The number of para-hydroxylation sites is 1. The molecular weight excluding hydrogens is 354 g/mol. The van der Waals surface area contributed by atoms with Crippen molar-refractivity contribution in [2.45, 2.75) is 31.5 Å². The van der Waals surface area contributed by atoms with Crippen LogP contribution in [0.15, 0.2) is 51.7 Å². The van der Waals surface area contributed by atoms with Crippen molar-refractivity contribution >= 4 is 39.2 Å². The summed E-state index contributed by atoms with van der Waals surface area (Å²) in [5.41, 5.74) is 1.32. The second-order valence-corrected chi connectivity index (χ2v) is 7.53. The molecule has 130 valence electrons. The first-order chi connectivity index (χ1) is 12.1. The Morgan fingerprint density at radius 3 is 2.80 bits per heavy atom. The number of carbonyl (C=O) groups is 1. The number of carbonyl (C=O) groups excluding carboxylic acids is 1. The summed E-state index contributed by atoms with van der Waals surface area (Å²) in [6, 6.07) is 11.4. The fourth-order valence-corrected chi connectivity index (χ4v) is 3.93. The lowest BCUT2D eigenvalue weighted by molar-refractivity contribution is -0.119. The first kappa shape index (κ1) is 17.7. The van der Waals surface area contributed by atoms with Gasteiger partial charge in [-0.25, -0.2) is 4.98 Å². The Labute approximate surface area is 154 Å². The van der Waals surface area contributed by atoms with E-state index in [-0.39, 0.29) is 23.3 Å². The number of nitrogens with zero attached hydrogens (tertiary/aromatic N) is 2. The third-order valence-corrected chi connectivity index (χ3v) is 5.65. The summed E-state index contributed by atoms with van der Waals surface area (Å²) in [6.45, 7) is 4.00. The molecule has 0 aliphatic heterocycles. The predicted molar refractivity (Wildman–Crippen MR) is 104 cm³/mol. The molecule has 1 amide bonds. The van der Waals surface area contributed by atoms with Gasteiger partial charge in [0.25, 0.3) is 5.56 Å². The largest absolute Gasteiger partial charge is 0.353 e. The van der Waals surface area contributed by atoms with Crippen molar-refractivity contribution in [3.63, 3.8) is 0 Å². The Balaban J connectivity index is 1.96. The molecule has 25 heavy (non-hydrogen) atoms. The number of thiophene rings is 1. The number of hydrogen-bond donors (Lipinski definition) is 1. The summed E-state index contributed by atoms with van der Waals surface area (Å²) >= 11 is 2.66. The number of amides is 1. The zero-order valence-electron chi connectivity index (χ0n) is 14.1. The maximum absolute atomic E-state index is 12.9. The van der Waals surface area contributed by atoms with Crippen molar-refractivity contribution in [3.05, 3.63) is 52.1 Å². The van der Waals surface area contributed by atoms with Gasteiger partial charge in [-0.05, 0) is 36.9 Å². The molecule has 0 aliphatic rings. The summed E-state index contributed by atoms with van der Waals surface area (Å²) in [5.74, 6) is 0.165. The Hall–Kier alpha value is -2.12. The van der Waals surface area contributed by atoms with Crippen LogP contribution in [-0.2, 0) is 4.79 Å². The highest BCUT2D eigenvalue weighted by Crippen LogP contribution is 2.23. The van der Waals surface area contributed by atoms with E-state index in [1.807, 2.05) is 55.6 Å². The number of rotatable bonds is 6. The minimum atomic E-state index is -0.101. The maximum atomic E-state index is 12.9. The second kappa shape index (κ2) is 7.84. The standard InChI is InChI=1S/C18H19N3O2S2/c1-3-12(2)19-15(22)11-25-18-20-14-9-10-24-16(14)17(23)21(18)13-7-5-4-6-8-13/h4-10,12H,3,11H2,1-2H3,(H,19,22)/t12-/m1/s1. The Bertz CT molecular complexity index is 934. The minimum Gasteiger partial charge on any atom is -0.353 e. The summed E-state index contributed by atoms with van der Waals surface area (Å²) in [6.07, 6.45) is 0.879. The van der Waals surface area contributed by atoms with E-state index in [9.17, 15) is 9.59 Å². The molecular formula is C18H19N3O2S2. The van der Waals surface area contributed by atoms with Crippen LogP contribution in [0.25, 0.3) is 15.9 Å². The van der Waals surface area contributed by atoms with E-state index in [0.717, 1.165) is 12.1 Å². The summed E-state index contributed by atoms with van der Waals surface area (Å²) < 4.78 is 2.21. The monoisotopic (exact) mass is 373 g/mol. The van der Waals surface area contributed by atoms with Crippen molar-refractivity contribution in [3.8, 4) is 5.69 Å². The maximum Gasteiger partial charge on any atom is 0.276 e. The average Bonchev–Trinajstić information content (AvgIpc) is 3.09. The Morgan fingerprint density at radius 1 is 1.32 bits per heavy atom. The van der Waals surface area contributed by atoms with Gasteiger partial charge in [0, 0.05) is 6.04 Å². The van der Waals surface area contributed by atoms with E-state index in [4.69, 9.17) is 0 Å². The Morgan fingerprint density at radius 2 is 2.08 bits per heavy atom. The van der Waals surface area contributed by atoms with E-state index in [1.54, 1.807) is 4.57 Å². The molecule has 0 unspecified atom stereocenters. The number of hydrogen-bond acceptors (Lipinski definition) is 5. The minimum absolute atomic E-state index is 0.0568. The van der Waals surface area contributed by atoms with Gasteiger partial charge in [-0.1, -0.05) is 36.9 Å². The molecule has 1 N–H and O–H groups in total. The molecule has 1 aromatic carbocycles. The van der Waals surface area contributed by atoms with Gasteiger partial charge in [0.05, 0.1) is 17.0 Å². The lowest BCUT2D eigenvalue weighted by atomic mass is 10.3. The van der Waals surface area contributed by atoms with Gasteiger partial charge in [-0.3, -0.25) is 14.2 Å². The summed E-state index contributed by atoms with van der Waals surface area (Å²) in [5, 5.41) is 5.32. The average molecular weight is 374 g/mol. The second-order valence-electron chi connectivity index (χ2n) is 5.67. The van der Waals surface area contributed by atoms with Crippen LogP contribution in [0.4, 0.5) is 0 Å². The highest BCUT2D eigenvalue weighted by molar-refractivity contribution is 7.99. The third kappa shape index (κ3) is 3.93. The zero-order valence-corrected chi connectivity index (χ0v) is 15.7. The molecule has 5 nitrogen and oxygen atoms in total. The van der Waals surface area contributed by atoms with Gasteiger partial charge >= 0.3 is 0 Å². The molecule has 1 atom stereocenters. The number of benzene rings is 1. The molecule has 0 saturated heterocycles. The van der Waals surface area contributed by atoms with Crippen LogP contribution in [0.2, 0.25) is 0 Å². The van der Waals surface area contributed by atoms with Gasteiger partial charge in [0.2, 0.25) is 5.91 Å². The van der Waals surface area contributed by atoms with Gasteiger partial charge in [0.15, 0.2) is 5.16 Å². The van der Waals surface area contributed by atoms with Gasteiger partial charge in [-0.2, -0.15) is 0 Å². The van der Waals surface area contributed by atoms with Gasteiger partial charge in [-0.15, -0.1) is 11.3 Å². The quantitative estimate of drug-likeness (QED) is 0.531. The molecule has 2 heterocycles. The van der Waals surface area contributed by atoms with Crippen LogP contribution in [-0.4, -0.2) is 27.3 Å². The highest BCUT2D eigenvalue weighted by atomic mass is 32.2. The highest BCUT2D eigenvalue weighted by Gasteiger charge is 2.15. The van der Waals surface area contributed by atoms with E-state index >= 15 is 0 Å². The topological polar surface area (TPSA) is 64.0 Å². The van der Waals surface area contributed by atoms with Crippen LogP contribution in [0.1, 0.15) is 20.3 Å². The fraction of sp³-hybridized carbons (Fsp3) is 0.278. The number of aromatic nitrogens is 2. The van der Waals surface area contributed by atoms with E-state index < -0.39 is 0 Å². The van der Waals surface area contributed by atoms with E-state index in [1.165, 1.54) is 23.1 Å². The SMILES string of the molecule is CC[C@@H](C)NC(=O)CSc1nc2ccsc2c(=O)n1-c1ccccc1. The van der Waals surface area contributed by atoms with Gasteiger partial charge < -0.3 is 5.32 Å². The Kier molecular flexibility index (Phi) is 5.55. The van der Waals surface area contributed by atoms with Crippen molar-refractivity contribution in [1.82, 2.24) is 14.9 Å².